The first-order valence-electron chi connectivity index (χ1n) is 5.21. The van der Waals surface area contributed by atoms with Crippen molar-refractivity contribution >= 4 is 29.1 Å². The Balaban J connectivity index is 2.31. The predicted molar refractivity (Wildman–Crippen MR) is 72.9 cm³/mol. The van der Waals surface area contributed by atoms with Gasteiger partial charge in [-0.05, 0) is 29.8 Å². The van der Waals surface area contributed by atoms with Crippen LogP contribution in [0, 0.1) is 0 Å². The Bertz CT molecular complexity index is 582. The Hall–Kier alpha value is -2.20. The average molecular weight is 263 g/mol. The molecule has 1 amide bonds. The van der Waals surface area contributed by atoms with Crippen LogP contribution in [0.2, 0.25) is 5.02 Å². The van der Waals surface area contributed by atoms with Gasteiger partial charge in [0.05, 0.1) is 5.02 Å². The average Bonchev–Trinajstić information content (AvgIpc) is 2.30. The molecule has 4 N–H and O–H groups in total. The summed E-state index contributed by atoms with van der Waals surface area (Å²) >= 11 is 6.10. The van der Waals surface area contributed by atoms with Crippen LogP contribution in [-0.2, 0) is 0 Å². The van der Waals surface area contributed by atoms with Gasteiger partial charge in [0.15, 0.2) is 0 Å². The molecule has 0 fully saturated rings. The molecule has 2 aromatic rings. The van der Waals surface area contributed by atoms with Crippen molar-refractivity contribution in [2.75, 3.05) is 11.1 Å². The van der Waals surface area contributed by atoms with Crippen molar-refractivity contribution in [3.63, 3.8) is 0 Å². The molecule has 2 rings (SSSR count). The van der Waals surface area contributed by atoms with Crippen LogP contribution in [0.5, 0.6) is 0 Å². The number of carbonyl (C=O) groups is 1. The van der Waals surface area contributed by atoms with Crippen molar-refractivity contribution in [3.05, 3.63) is 47.5 Å². The second-order valence-electron chi connectivity index (χ2n) is 3.75. The van der Waals surface area contributed by atoms with Crippen LogP contribution < -0.4 is 11.1 Å². The first-order valence-corrected chi connectivity index (χ1v) is 5.59. The second kappa shape index (κ2) is 4.98. The van der Waals surface area contributed by atoms with Crippen molar-refractivity contribution in [3.8, 4) is 11.1 Å². The Morgan fingerprint density at radius 3 is 2.39 bits per heavy atom. The van der Waals surface area contributed by atoms with Gasteiger partial charge in [-0.25, -0.2) is 4.79 Å². The third-order valence-corrected chi connectivity index (χ3v) is 2.75. The molecule has 0 aromatic heterocycles. The molecular formula is C13H11ClN2O2. The summed E-state index contributed by atoms with van der Waals surface area (Å²) in [4.78, 5) is 10.5. The molecule has 92 valence electrons. The zero-order valence-electron chi connectivity index (χ0n) is 9.35. The SMILES string of the molecule is Nc1ccc(-c2ccc(NC(=O)O)cc2)c(Cl)c1. The van der Waals surface area contributed by atoms with Gasteiger partial charge in [-0.15, -0.1) is 0 Å². The highest BCUT2D eigenvalue weighted by Gasteiger charge is 2.04. The van der Waals surface area contributed by atoms with Crippen molar-refractivity contribution in [2.45, 2.75) is 0 Å². The highest BCUT2D eigenvalue weighted by molar-refractivity contribution is 6.33. The van der Waals surface area contributed by atoms with E-state index >= 15 is 0 Å². The fraction of sp³-hybridized carbons (Fsp3) is 0. The van der Waals surface area contributed by atoms with E-state index in [0.717, 1.165) is 11.1 Å². The normalized spacial score (nSPS) is 10.1. The van der Waals surface area contributed by atoms with E-state index in [1.807, 2.05) is 6.07 Å². The number of nitrogen functional groups attached to an aromatic ring is 1. The summed E-state index contributed by atoms with van der Waals surface area (Å²) in [6.45, 7) is 0. The summed E-state index contributed by atoms with van der Waals surface area (Å²) < 4.78 is 0. The van der Waals surface area contributed by atoms with Crippen LogP contribution in [0.25, 0.3) is 11.1 Å². The van der Waals surface area contributed by atoms with Crippen molar-refractivity contribution < 1.29 is 9.90 Å². The van der Waals surface area contributed by atoms with E-state index in [9.17, 15) is 4.79 Å². The lowest BCUT2D eigenvalue weighted by Gasteiger charge is -2.07. The number of halogens is 1. The van der Waals surface area contributed by atoms with Gasteiger partial charge in [0.25, 0.3) is 0 Å². The quantitative estimate of drug-likeness (QED) is 0.723. The van der Waals surface area contributed by atoms with Gasteiger partial charge in [0.2, 0.25) is 0 Å². The van der Waals surface area contributed by atoms with Crippen molar-refractivity contribution in [1.82, 2.24) is 0 Å². The number of amides is 1. The third-order valence-electron chi connectivity index (χ3n) is 2.44. The van der Waals surface area contributed by atoms with Crippen molar-refractivity contribution in [1.29, 1.82) is 0 Å². The smallest absolute Gasteiger partial charge is 0.409 e. The Labute approximate surface area is 109 Å². The highest BCUT2D eigenvalue weighted by atomic mass is 35.5. The minimum absolute atomic E-state index is 0.512. The van der Waals surface area contributed by atoms with Crippen LogP contribution in [0.15, 0.2) is 42.5 Å². The topological polar surface area (TPSA) is 75.3 Å². The van der Waals surface area contributed by atoms with Crippen LogP contribution in [0.3, 0.4) is 0 Å². The van der Waals surface area contributed by atoms with Gasteiger partial charge in [-0.3, -0.25) is 5.32 Å². The molecule has 4 nitrogen and oxygen atoms in total. The van der Waals surface area contributed by atoms with Crippen LogP contribution in [-0.4, -0.2) is 11.2 Å². The largest absolute Gasteiger partial charge is 0.465 e. The summed E-state index contributed by atoms with van der Waals surface area (Å²) in [5, 5.41) is 11.4. The molecule has 0 spiro atoms. The Morgan fingerprint density at radius 2 is 1.83 bits per heavy atom. The van der Waals surface area contributed by atoms with Crippen LogP contribution in [0.1, 0.15) is 0 Å². The van der Waals surface area contributed by atoms with Crippen LogP contribution >= 0.6 is 11.6 Å². The Kier molecular flexibility index (Phi) is 3.39. The first-order chi connectivity index (χ1) is 8.56. The van der Waals surface area contributed by atoms with E-state index in [0.29, 0.717) is 16.4 Å². The second-order valence-corrected chi connectivity index (χ2v) is 4.15. The molecule has 0 saturated heterocycles. The maximum atomic E-state index is 10.5. The van der Waals surface area contributed by atoms with E-state index < -0.39 is 6.09 Å². The number of rotatable bonds is 2. The fourth-order valence-electron chi connectivity index (χ4n) is 1.62. The number of carboxylic acid groups (broad SMARTS) is 1. The van der Waals surface area contributed by atoms with E-state index in [4.69, 9.17) is 22.4 Å². The van der Waals surface area contributed by atoms with Gasteiger partial charge >= 0.3 is 6.09 Å². The number of hydrogen-bond acceptors (Lipinski definition) is 2. The van der Waals surface area contributed by atoms with Crippen LogP contribution in [0.4, 0.5) is 16.2 Å². The number of benzene rings is 2. The minimum Gasteiger partial charge on any atom is -0.465 e. The maximum absolute atomic E-state index is 10.5. The van der Waals surface area contributed by atoms with Crippen molar-refractivity contribution in [2.24, 2.45) is 0 Å². The van der Waals surface area contributed by atoms with Gasteiger partial charge in [0.1, 0.15) is 0 Å². The van der Waals surface area contributed by atoms with Gasteiger partial charge < -0.3 is 10.8 Å². The lowest BCUT2D eigenvalue weighted by Crippen LogP contribution is -2.06. The molecule has 2 aromatic carbocycles. The molecule has 0 aliphatic carbocycles. The highest BCUT2D eigenvalue weighted by Crippen LogP contribution is 2.30. The summed E-state index contributed by atoms with van der Waals surface area (Å²) in [6, 6.07) is 12.2. The number of hydrogen-bond donors (Lipinski definition) is 3. The third kappa shape index (κ3) is 2.73. The first kappa shape index (κ1) is 12.3. The van der Waals surface area contributed by atoms with E-state index in [-0.39, 0.29) is 0 Å². The molecule has 0 saturated carbocycles. The number of nitrogens with one attached hydrogen (secondary N) is 1. The molecule has 5 heteroatoms. The molecule has 0 atom stereocenters. The number of nitrogens with two attached hydrogens (primary N) is 1. The molecule has 0 aliphatic heterocycles. The Morgan fingerprint density at radius 1 is 1.17 bits per heavy atom. The van der Waals surface area contributed by atoms with Gasteiger partial charge in [0, 0.05) is 16.9 Å². The monoisotopic (exact) mass is 262 g/mol. The summed E-state index contributed by atoms with van der Waals surface area (Å²) in [7, 11) is 0. The lowest BCUT2D eigenvalue weighted by molar-refractivity contribution is 0.210. The number of anilines is 2. The molecular weight excluding hydrogens is 252 g/mol. The van der Waals surface area contributed by atoms with Gasteiger partial charge in [-0.2, -0.15) is 0 Å². The molecule has 0 unspecified atom stereocenters. The predicted octanol–water partition coefficient (Wildman–Crippen LogP) is 3.68. The minimum atomic E-state index is -1.09. The lowest BCUT2D eigenvalue weighted by atomic mass is 10.0. The standard InChI is InChI=1S/C13H11ClN2O2/c14-12-7-9(15)3-6-11(12)8-1-4-10(5-2-8)16-13(17)18/h1-7,16H,15H2,(H,17,18). The zero-order valence-corrected chi connectivity index (χ0v) is 10.1. The molecule has 18 heavy (non-hydrogen) atoms. The van der Waals surface area contributed by atoms with E-state index in [1.54, 1.807) is 36.4 Å². The zero-order chi connectivity index (χ0) is 13.1. The summed E-state index contributed by atoms with van der Waals surface area (Å²) in [5.41, 5.74) is 8.49. The van der Waals surface area contributed by atoms with E-state index in [2.05, 4.69) is 5.32 Å². The maximum Gasteiger partial charge on any atom is 0.409 e. The summed E-state index contributed by atoms with van der Waals surface area (Å²) in [5.74, 6) is 0. The molecule has 0 heterocycles. The fourth-order valence-corrected chi connectivity index (χ4v) is 1.92. The molecule has 0 radical (unpaired) electrons. The summed E-state index contributed by atoms with van der Waals surface area (Å²) in [6.07, 6.45) is -1.09. The van der Waals surface area contributed by atoms with Gasteiger partial charge in [-0.1, -0.05) is 29.8 Å². The van der Waals surface area contributed by atoms with E-state index in [1.165, 1.54) is 0 Å². The molecule has 0 bridgehead atoms. The molecule has 0 aliphatic rings.